The average molecular weight is 334 g/mol. The molecule has 114 valence electrons. The van der Waals surface area contributed by atoms with E-state index in [1.165, 1.54) is 13.2 Å². The van der Waals surface area contributed by atoms with E-state index in [4.69, 9.17) is 21.4 Å². The number of methoxy groups -OCH3 is 1. The fourth-order valence-electron chi connectivity index (χ4n) is 1.20. The number of hydrogen-bond acceptors (Lipinski definition) is 4. The lowest BCUT2D eigenvalue weighted by atomic mass is 10.3. The maximum absolute atomic E-state index is 12.1. The van der Waals surface area contributed by atoms with Crippen LogP contribution in [0.1, 0.15) is 0 Å². The van der Waals surface area contributed by atoms with Crippen molar-refractivity contribution in [3.8, 4) is 5.75 Å². The molecule has 1 unspecified atom stereocenters. The highest BCUT2D eigenvalue weighted by atomic mass is 35.5. The van der Waals surface area contributed by atoms with Gasteiger partial charge in [0.15, 0.2) is 6.10 Å². The van der Waals surface area contributed by atoms with Gasteiger partial charge in [-0.15, -0.1) is 0 Å². The highest BCUT2D eigenvalue weighted by molar-refractivity contribution is 7.89. The summed E-state index contributed by atoms with van der Waals surface area (Å²) in [6.07, 6.45) is -7.69. The van der Waals surface area contributed by atoms with Crippen molar-refractivity contribution in [3.05, 3.63) is 23.2 Å². The minimum atomic E-state index is -4.90. The van der Waals surface area contributed by atoms with Gasteiger partial charge in [-0.25, -0.2) is 13.1 Å². The van der Waals surface area contributed by atoms with Gasteiger partial charge in [0.25, 0.3) is 0 Å². The predicted octanol–water partition coefficient (Wildman–Crippen LogP) is 1.55. The van der Waals surface area contributed by atoms with Crippen LogP contribution in [-0.4, -0.2) is 39.5 Å². The molecule has 2 N–H and O–H groups in total. The quantitative estimate of drug-likeness (QED) is 0.857. The molecule has 20 heavy (non-hydrogen) atoms. The van der Waals surface area contributed by atoms with Crippen LogP contribution in [0.25, 0.3) is 0 Å². The first kappa shape index (κ1) is 17.0. The Hall–Kier alpha value is -1.03. The van der Waals surface area contributed by atoms with Crippen LogP contribution in [0.5, 0.6) is 5.75 Å². The number of alkyl halides is 3. The van der Waals surface area contributed by atoms with Crippen LogP contribution in [0.3, 0.4) is 0 Å². The number of rotatable bonds is 5. The summed E-state index contributed by atoms with van der Waals surface area (Å²) in [7, 11) is -2.89. The van der Waals surface area contributed by atoms with Gasteiger partial charge in [0.05, 0.1) is 17.0 Å². The number of aliphatic hydroxyl groups excluding tert-OH is 1. The zero-order valence-corrected chi connectivity index (χ0v) is 11.7. The largest absolute Gasteiger partial charge is 0.495 e. The molecule has 1 aromatic carbocycles. The Morgan fingerprint density at radius 3 is 2.50 bits per heavy atom. The molecular weight excluding hydrogens is 323 g/mol. The van der Waals surface area contributed by atoms with Gasteiger partial charge in [-0.2, -0.15) is 13.2 Å². The van der Waals surface area contributed by atoms with E-state index in [1.54, 1.807) is 4.72 Å². The Labute approximate surface area is 118 Å². The number of hydrogen-bond donors (Lipinski definition) is 2. The molecule has 1 rings (SSSR count). The first-order chi connectivity index (χ1) is 9.08. The summed E-state index contributed by atoms with van der Waals surface area (Å²) >= 11 is 5.72. The van der Waals surface area contributed by atoms with Crippen molar-refractivity contribution in [1.82, 2.24) is 4.72 Å². The van der Waals surface area contributed by atoms with E-state index in [9.17, 15) is 21.6 Å². The highest BCUT2D eigenvalue weighted by Gasteiger charge is 2.38. The van der Waals surface area contributed by atoms with Gasteiger partial charge < -0.3 is 9.84 Å². The molecule has 0 saturated heterocycles. The normalized spacial score (nSPS) is 14.1. The minimum absolute atomic E-state index is 0.00764. The van der Waals surface area contributed by atoms with E-state index in [-0.39, 0.29) is 15.7 Å². The Balaban J connectivity index is 2.87. The second-order valence-electron chi connectivity index (χ2n) is 3.71. The summed E-state index contributed by atoms with van der Waals surface area (Å²) in [6.45, 7) is -1.19. The maximum atomic E-state index is 12.1. The molecule has 0 heterocycles. The second-order valence-corrected chi connectivity index (χ2v) is 5.88. The van der Waals surface area contributed by atoms with Gasteiger partial charge in [-0.05, 0) is 18.2 Å². The van der Waals surface area contributed by atoms with Crippen molar-refractivity contribution in [3.63, 3.8) is 0 Å². The van der Waals surface area contributed by atoms with E-state index in [1.807, 2.05) is 0 Å². The Morgan fingerprint density at radius 2 is 2.05 bits per heavy atom. The van der Waals surface area contributed by atoms with Gasteiger partial charge in [0.1, 0.15) is 5.75 Å². The number of aliphatic hydroxyl groups is 1. The van der Waals surface area contributed by atoms with Crippen molar-refractivity contribution in [2.75, 3.05) is 13.7 Å². The van der Waals surface area contributed by atoms with Crippen molar-refractivity contribution >= 4 is 21.6 Å². The summed E-state index contributed by atoms with van der Waals surface area (Å²) in [5.41, 5.74) is 0. The minimum Gasteiger partial charge on any atom is -0.495 e. The fraction of sp³-hybridized carbons (Fsp3) is 0.400. The van der Waals surface area contributed by atoms with Crippen LogP contribution in [0.4, 0.5) is 13.2 Å². The van der Waals surface area contributed by atoms with E-state index < -0.39 is 28.8 Å². The molecule has 0 radical (unpaired) electrons. The molecule has 1 atom stereocenters. The molecule has 0 aliphatic rings. The Morgan fingerprint density at radius 1 is 1.45 bits per heavy atom. The number of benzene rings is 1. The Bertz CT molecular complexity index is 576. The summed E-state index contributed by atoms with van der Waals surface area (Å²) in [5.74, 6) is 0.223. The lowest BCUT2D eigenvalue weighted by Gasteiger charge is -2.15. The van der Waals surface area contributed by atoms with Crippen LogP contribution in [0.2, 0.25) is 5.02 Å². The molecule has 0 aliphatic carbocycles. The highest BCUT2D eigenvalue weighted by Crippen LogP contribution is 2.27. The zero-order valence-electron chi connectivity index (χ0n) is 10.1. The van der Waals surface area contributed by atoms with Crippen LogP contribution >= 0.6 is 11.6 Å². The van der Waals surface area contributed by atoms with E-state index in [2.05, 4.69) is 0 Å². The van der Waals surface area contributed by atoms with E-state index >= 15 is 0 Å². The van der Waals surface area contributed by atoms with Crippen LogP contribution in [0, 0.1) is 0 Å². The molecule has 0 aliphatic heterocycles. The molecule has 0 bridgehead atoms. The van der Waals surface area contributed by atoms with Crippen LogP contribution < -0.4 is 9.46 Å². The van der Waals surface area contributed by atoms with Crippen molar-refractivity contribution < 1.29 is 31.4 Å². The number of halogens is 4. The lowest BCUT2D eigenvalue weighted by molar-refractivity contribution is -0.200. The van der Waals surface area contributed by atoms with Gasteiger partial charge >= 0.3 is 6.18 Å². The number of nitrogens with one attached hydrogen (secondary N) is 1. The van der Waals surface area contributed by atoms with E-state index in [0.717, 1.165) is 12.1 Å². The molecule has 1 aromatic rings. The summed E-state index contributed by atoms with van der Waals surface area (Å²) < 4.78 is 66.1. The van der Waals surface area contributed by atoms with Crippen LogP contribution in [0.15, 0.2) is 23.1 Å². The topological polar surface area (TPSA) is 75.6 Å². The summed E-state index contributed by atoms with van der Waals surface area (Å²) in [4.78, 5) is -0.335. The third-order valence-electron chi connectivity index (χ3n) is 2.28. The van der Waals surface area contributed by atoms with Gasteiger partial charge in [-0.3, -0.25) is 0 Å². The van der Waals surface area contributed by atoms with Crippen molar-refractivity contribution in [2.24, 2.45) is 0 Å². The molecule has 0 fully saturated rings. The molecule has 0 saturated carbocycles. The maximum Gasteiger partial charge on any atom is 0.415 e. The standard InChI is InChI=1S/C10H11ClF3NO4S/c1-19-8-3-2-6(4-7(8)11)20(17,18)15-5-9(16)10(12,13)14/h2-4,9,15-16H,5H2,1H3. The lowest BCUT2D eigenvalue weighted by Crippen LogP contribution is -2.40. The van der Waals surface area contributed by atoms with E-state index in [0.29, 0.717) is 0 Å². The molecule has 0 amide bonds. The summed E-state index contributed by atoms with van der Waals surface area (Å²) in [6, 6.07) is 3.41. The summed E-state index contributed by atoms with van der Waals surface area (Å²) in [5, 5.41) is 8.73. The third kappa shape index (κ3) is 4.23. The smallest absolute Gasteiger partial charge is 0.415 e. The van der Waals surface area contributed by atoms with Crippen molar-refractivity contribution in [2.45, 2.75) is 17.2 Å². The average Bonchev–Trinajstić information content (AvgIpc) is 2.34. The monoisotopic (exact) mass is 333 g/mol. The van der Waals surface area contributed by atoms with Crippen LogP contribution in [-0.2, 0) is 10.0 Å². The molecular formula is C10H11ClF3NO4S. The SMILES string of the molecule is COc1ccc(S(=O)(=O)NCC(O)C(F)(F)F)cc1Cl. The first-order valence-electron chi connectivity index (χ1n) is 5.16. The molecule has 5 nitrogen and oxygen atoms in total. The first-order valence-corrected chi connectivity index (χ1v) is 7.02. The fourth-order valence-corrected chi connectivity index (χ4v) is 2.59. The molecule has 0 spiro atoms. The third-order valence-corrected chi connectivity index (χ3v) is 3.99. The number of ether oxygens (including phenoxy) is 1. The van der Waals surface area contributed by atoms with Gasteiger partial charge in [-0.1, -0.05) is 11.6 Å². The second kappa shape index (κ2) is 6.17. The predicted molar refractivity (Wildman–Crippen MR) is 65.3 cm³/mol. The van der Waals surface area contributed by atoms with Gasteiger partial charge in [0.2, 0.25) is 10.0 Å². The number of sulfonamides is 1. The van der Waals surface area contributed by atoms with Gasteiger partial charge in [0, 0.05) is 6.54 Å². The molecule has 0 aromatic heterocycles. The van der Waals surface area contributed by atoms with Crippen molar-refractivity contribution in [1.29, 1.82) is 0 Å². The molecule has 10 heteroatoms. The zero-order chi connectivity index (χ0) is 15.6. The Kier molecular flexibility index (Phi) is 5.25.